The van der Waals surface area contributed by atoms with Gasteiger partial charge in [-0.15, -0.1) is 0 Å². The highest BCUT2D eigenvalue weighted by molar-refractivity contribution is 5.30. The molecule has 1 aliphatic rings. The van der Waals surface area contributed by atoms with Crippen LogP contribution >= 0.6 is 0 Å². The van der Waals surface area contributed by atoms with Crippen LogP contribution < -0.4 is 5.73 Å². The molecule has 1 aromatic heterocycles. The van der Waals surface area contributed by atoms with Gasteiger partial charge in [0.05, 0.1) is 0 Å². The average molecular weight is 248 g/mol. The topological polar surface area (TPSA) is 30.9 Å². The Bertz CT molecular complexity index is 403. The predicted octanol–water partition coefficient (Wildman–Crippen LogP) is 4.21. The second-order valence-corrected chi connectivity index (χ2v) is 6.77. The van der Waals surface area contributed by atoms with E-state index in [0.29, 0.717) is 11.5 Å². The van der Waals surface area contributed by atoms with Gasteiger partial charge in [-0.05, 0) is 43.2 Å². The fourth-order valence-electron chi connectivity index (χ4n) is 3.31. The zero-order valence-corrected chi connectivity index (χ0v) is 12.4. The van der Waals surface area contributed by atoms with E-state index >= 15 is 0 Å². The summed E-state index contributed by atoms with van der Waals surface area (Å²) in [5.41, 5.74) is 9.54. The SMILES string of the molecule is CCCCC(C)n1ccc2c1CC(C)(C)CC2N. The van der Waals surface area contributed by atoms with Gasteiger partial charge in [0.1, 0.15) is 0 Å². The van der Waals surface area contributed by atoms with Crippen molar-refractivity contribution in [3.63, 3.8) is 0 Å². The van der Waals surface area contributed by atoms with Crippen molar-refractivity contribution in [3.05, 3.63) is 23.5 Å². The van der Waals surface area contributed by atoms with Crippen molar-refractivity contribution in [3.8, 4) is 0 Å². The lowest BCUT2D eigenvalue weighted by Gasteiger charge is -2.35. The summed E-state index contributed by atoms with van der Waals surface area (Å²) < 4.78 is 2.48. The summed E-state index contributed by atoms with van der Waals surface area (Å²) in [4.78, 5) is 0. The zero-order valence-electron chi connectivity index (χ0n) is 12.4. The molecule has 0 saturated heterocycles. The molecule has 0 aliphatic heterocycles. The van der Waals surface area contributed by atoms with Gasteiger partial charge < -0.3 is 10.3 Å². The van der Waals surface area contributed by atoms with Gasteiger partial charge in [-0.3, -0.25) is 0 Å². The van der Waals surface area contributed by atoms with Gasteiger partial charge in [-0.25, -0.2) is 0 Å². The summed E-state index contributed by atoms with van der Waals surface area (Å²) >= 11 is 0. The lowest BCUT2D eigenvalue weighted by molar-refractivity contribution is 0.271. The predicted molar refractivity (Wildman–Crippen MR) is 77.7 cm³/mol. The molecule has 0 fully saturated rings. The summed E-state index contributed by atoms with van der Waals surface area (Å²) in [6.45, 7) is 9.27. The van der Waals surface area contributed by atoms with Crippen molar-refractivity contribution in [2.45, 2.75) is 71.9 Å². The molecule has 1 aliphatic carbocycles. The summed E-state index contributed by atoms with van der Waals surface area (Å²) in [6, 6.07) is 3.08. The largest absolute Gasteiger partial charge is 0.348 e. The van der Waals surface area contributed by atoms with Gasteiger partial charge in [0.25, 0.3) is 0 Å². The number of nitrogens with zero attached hydrogens (tertiary/aromatic N) is 1. The Kier molecular flexibility index (Phi) is 3.86. The fourth-order valence-corrected chi connectivity index (χ4v) is 3.31. The van der Waals surface area contributed by atoms with Crippen LogP contribution in [0.1, 0.15) is 76.7 Å². The maximum atomic E-state index is 6.32. The first kappa shape index (κ1) is 13.7. The molecule has 0 bridgehead atoms. The molecule has 0 aromatic carbocycles. The van der Waals surface area contributed by atoms with Crippen molar-refractivity contribution in [1.29, 1.82) is 0 Å². The maximum absolute atomic E-state index is 6.32. The Labute approximate surface area is 112 Å². The van der Waals surface area contributed by atoms with Crippen LogP contribution in [0.2, 0.25) is 0 Å². The second kappa shape index (κ2) is 5.08. The molecule has 2 atom stereocenters. The van der Waals surface area contributed by atoms with Crippen LogP contribution in [0.4, 0.5) is 0 Å². The van der Waals surface area contributed by atoms with Crippen molar-refractivity contribution in [2.24, 2.45) is 11.1 Å². The summed E-state index contributed by atoms with van der Waals surface area (Å²) in [5, 5.41) is 0. The first-order chi connectivity index (χ1) is 8.44. The van der Waals surface area contributed by atoms with Gasteiger partial charge >= 0.3 is 0 Å². The maximum Gasteiger partial charge on any atom is 0.0318 e. The van der Waals surface area contributed by atoms with E-state index in [4.69, 9.17) is 5.73 Å². The number of fused-ring (bicyclic) bond motifs is 1. The minimum Gasteiger partial charge on any atom is -0.348 e. The van der Waals surface area contributed by atoms with E-state index in [-0.39, 0.29) is 6.04 Å². The molecule has 0 spiro atoms. The Balaban J connectivity index is 2.25. The molecule has 1 aromatic rings. The van der Waals surface area contributed by atoms with Gasteiger partial charge in [0.2, 0.25) is 0 Å². The zero-order chi connectivity index (χ0) is 13.3. The van der Waals surface area contributed by atoms with Gasteiger partial charge in [-0.1, -0.05) is 33.6 Å². The van der Waals surface area contributed by atoms with Crippen LogP contribution in [-0.4, -0.2) is 4.57 Å². The molecule has 0 saturated carbocycles. The number of unbranched alkanes of at least 4 members (excludes halogenated alkanes) is 1. The number of nitrogens with two attached hydrogens (primary N) is 1. The van der Waals surface area contributed by atoms with E-state index in [0.717, 1.165) is 6.42 Å². The fraction of sp³-hybridized carbons (Fsp3) is 0.750. The van der Waals surface area contributed by atoms with Crippen LogP contribution in [-0.2, 0) is 6.42 Å². The summed E-state index contributed by atoms with van der Waals surface area (Å²) in [5.74, 6) is 0. The average Bonchev–Trinajstić information content (AvgIpc) is 2.68. The Morgan fingerprint density at radius 2 is 2.22 bits per heavy atom. The van der Waals surface area contributed by atoms with Crippen molar-refractivity contribution in [1.82, 2.24) is 4.57 Å². The monoisotopic (exact) mass is 248 g/mol. The molecule has 102 valence electrons. The lowest BCUT2D eigenvalue weighted by atomic mass is 9.74. The molecule has 2 rings (SSSR count). The van der Waals surface area contributed by atoms with E-state index in [1.165, 1.54) is 36.9 Å². The highest BCUT2D eigenvalue weighted by atomic mass is 15.0. The molecule has 0 amide bonds. The molecule has 1 heterocycles. The van der Waals surface area contributed by atoms with Crippen LogP contribution in [0.25, 0.3) is 0 Å². The van der Waals surface area contributed by atoms with Crippen LogP contribution in [0.5, 0.6) is 0 Å². The Morgan fingerprint density at radius 1 is 1.50 bits per heavy atom. The Hall–Kier alpha value is -0.760. The van der Waals surface area contributed by atoms with Crippen molar-refractivity contribution >= 4 is 0 Å². The van der Waals surface area contributed by atoms with Crippen LogP contribution in [0.15, 0.2) is 12.3 Å². The Morgan fingerprint density at radius 3 is 2.89 bits per heavy atom. The molecule has 2 nitrogen and oxygen atoms in total. The number of hydrogen-bond donors (Lipinski definition) is 1. The normalized spacial score (nSPS) is 23.7. The lowest BCUT2D eigenvalue weighted by Crippen LogP contribution is -2.30. The van der Waals surface area contributed by atoms with Crippen molar-refractivity contribution < 1.29 is 0 Å². The highest BCUT2D eigenvalue weighted by Gasteiger charge is 2.32. The smallest absolute Gasteiger partial charge is 0.0318 e. The number of hydrogen-bond acceptors (Lipinski definition) is 1. The molecular weight excluding hydrogens is 220 g/mol. The van der Waals surface area contributed by atoms with Gasteiger partial charge in [-0.2, -0.15) is 0 Å². The van der Waals surface area contributed by atoms with E-state index in [2.05, 4.69) is 44.5 Å². The van der Waals surface area contributed by atoms with Gasteiger partial charge in [0.15, 0.2) is 0 Å². The molecule has 2 N–H and O–H groups in total. The third-order valence-electron chi connectivity index (χ3n) is 4.33. The molecule has 18 heavy (non-hydrogen) atoms. The third kappa shape index (κ3) is 2.64. The molecule has 2 heteroatoms. The quantitative estimate of drug-likeness (QED) is 0.850. The van der Waals surface area contributed by atoms with E-state index in [1.54, 1.807) is 0 Å². The summed E-state index contributed by atoms with van der Waals surface area (Å²) in [6.07, 6.45) is 8.38. The number of rotatable bonds is 4. The second-order valence-electron chi connectivity index (χ2n) is 6.77. The van der Waals surface area contributed by atoms with E-state index in [9.17, 15) is 0 Å². The minimum absolute atomic E-state index is 0.225. The van der Waals surface area contributed by atoms with Gasteiger partial charge in [0, 0.05) is 24.0 Å². The first-order valence-corrected chi connectivity index (χ1v) is 7.40. The van der Waals surface area contributed by atoms with Crippen molar-refractivity contribution in [2.75, 3.05) is 0 Å². The molecule has 0 radical (unpaired) electrons. The third-order valence-corrected chi connectivity index (χ3v) is 4.33. The molecule has 2 unspecified atom stereocenters. The number of aromatic nitrogens is 1. The molecular formula is C16H28N2. The van der Waals surface area contributed by atoms with Crippen LogP contribution in [0.3, 0.4) is 0 Å². The van der Waals surface area contributed by atoms with E-state index in [1.807, 2.05) is 0 Å². The first-order valence-electron chi connectivity index (χ1n) is 7.40. The minimum atomic E-state index is 0.225. The van der Waals surface area contributed by atoms with E-state index < -0.39 is 0 Å². The summed E-state index contributed by atoms with van der Waals surface area (Å²) in [7, 11) is 0. The highest BCUT2D eigenvalue weighted by Crippen LogP contribution is 2.41. The van der Waals surface area contributed by atoms with Crippen LogP contribution in [0, 0.1) is 5.41 Å². The standard InChI is InChI=1S/C16H28N2/c1-5-6-7-12(2)18-9-8-13-14(17)10-16(3,4)11-15(13)18/h8-9,12,14H,5-7,10-11,17H2,1-4H3.